The quantitative estimate of drug-likeness (QED) is 0.777. The summed E-state index contributed by atoms with van der Waals surface area (Å²) in [5.41, 5.74) is 0. The third-order valence-corrected chi connectivity index (χ3v) is 2.41. The van der Waals surface area contributed by atoms with Crippen LogP contribution < -0.4 is 5.32 Å². The molecule has 0 spiro atoms. The molecule has 0 unspecified atom stereocenters. The first-order valence-electron chi connectivity index (χ1n) is 6.28. The van der Waals surface area contributed by atoms with Gasteiger partial charge in [-0.3, -0.25) is 9.69 Å². The second-order valence-corrected chi connectivity index (χ2v) is 4.30. The summed E-state index contributed by atoms with van der Waals surface area (Å²) in [4.78, 5) is 15.9. The maximum absolute atomic E-state index is 11.4. The van der Waals surface area contributed by atoms with Gasteiger partial charge in [0.25, 0.3) is 0 Å². The lowest BCUT2D eigenvalue weighted by molar-refractivity contribution is -0.123. The van der Waals surface area contributed by atoms with Gasteiger partial charge in [0.15, 0.2) is 0 Å². The van der Waals surface area contributed by atoms with Crippen molar-refractivity contribution in [2.75, 3.05) is 39.8 Å². The van der Waals surface area contributed by atoms with Crippen molar-refractivity contribution in [1.82, 2.24) is 15.1 Å². The minimum atomic E-state index is 0.143. The minimum Gasteiger partial charge on any atom is -0.353 e. The summed E-state index contributed by atoms with van der Waals surface area (Å²) in [6.45, 7) is 12.7. The molecule has 1 fully saturated rings. The summed E-state index contributed by atoms with van der Waals surface area (Å²) in [5.74, 6) is 0.143. The van der Waals surface area contributed by atoms with E-state index in [9.17, 15) is 4.79 Å². The molecule has 0 aliphatic carbocycles. The van der Waals surface area contributed by atoms with Crippen LogP contribution >= 0.6 is 0 Å². The molecule has 1 aliphatic rings. The van der Waals surface area contributed by atoms with Crippen molar-refractivity contribution in [3.63, 3.8) is 0 Å². The SMILES string of the molecule is CC.CC(C)NC(=O)CN1CCN(C)CC1. The molecule has 0 saturated carbocycles. The number of piperazine rings is 1. The molecule has 4 nitrogen and oxygen atoms in total. The van der Waals surface area contributed by atoms with Crippen molar-refractivity contribution >= 4 is 5.91 Å². The zero-order chi connectivity index (χ0) is 12.6. The molecule has 0 aromatic carbocycles. The zero-order valence-electron chi connectivity index (χ0n) is 11.4. The molecule has 1 N–H and O–H groups in total. The Morgan fingerprint density at radius 1 is 1.19 bits per heavy atom. The van der Waals surface area contributed by atoms with Gasteiger partial charge in [-0.1, -0.05) is 13.8 Å². The van der Waals surface area contributed by atoms with Crippen LogP contribution in [0.25, 0.3) is 0 Å². The van der Waals surface area contributed by atoms with Crippen molar-refractivity contribution in [3.05, 3.63) is 0 Å². The van der Waals surface area contributed by atoms with Gasteiger partial charge in [-0.25, -0.2) is 0 Å². The van der Waals surface area contributed by atoms with E-state index in [-0.39, 0.29) is 11.9 Å². The molecule has 0 bridgehead atoms. The molecule has 1 saturated heterocycles. The van der Waals surface area contributed by atoms with Gasteiger partial charge in [-0.05, 0) is 20.9 Å². The Balaban J connectivity index is 0.00000106. The van der Waals surface area contributed by atoms with E-state index in [2.05, 4.69) is 22.2 Å². The summed E-state index contributed by atoms with van der Waals surface area (Å²) in [6, 6.07) is 0.245. The number of carbonyl (C=O) groups is 1. The second-order valence-electron chi connectivity index (χ2n) is 4.30. The van der Waals surface area contributed by atoms with Gasteiger partial charge in [0.05, 0.1) is 6.54 Å². The van der Waals surface area contributed by atoms with Gasteiger partial charge in [-0.2, -0.15) is 0 Å². The van der Waals surface area contributed by atoms with E-state index in [0.29, 0.717) is 6.54 Å². The first kappa shape index (κ1) is 15.4. The fourth-order valence-electron chi connectivity index (χ4n) is 1.58. The molecular weight excluding hydrogens is 202 g/mol. The van der Waals surface area contributed by atoms with Crippen molar-refractivity contribution in [2.24, 2.45) is 0 Å². The second kappa shape index (κ2) is 8.53. The largest absolute Gasteiger partial charge is 0.353 e. The van der Waals surface area contributed by atoms with Crippen molar-refractivity contribution < 1.29 is 4.79 Å². The molecule has 4 heteroatoms. The highest BCUT2D eigenvalue weighted by Crippen LogP contribution is 1.98. The lowest BCUT2D eigenvalue weighted by Crippen LogP contribution is -2.48. The fourth-order valence-corrected chi connectivity index (χ4v) is 1.58. The van der Waals surface area contributed by atoms with Crippen LogP contribution in [0, 0.1) is 0 Å². The van der Waals surface area contributed by atoms with E-state index in [4.69, 9.17) is 0 Å². The summed E-state index contributed by atoms with van der Waals surface area (Å²) < 4.78 is 0. The number of amides is 1. The predicted molar refractivity (Wildman–Crippen MR) is 68.6 cm³/mol. The summed E-state index contributed by atoms with van der Waals surface area (Å²) in [6.07, 6.45) is 0. The Labute approximate surface area is 100.0 Å². The molecule has 1 heterocycles. The van der Waals surface area contributed by atoms with Gasteiger partial charge in [-0.15, -0.1) is 0 Å². The molecule has 16 heavy (non-hydrogen) atoms. The van der Waals surface area contributed by atoms with Crippen LogP contribution in [-0.2, 0) is 4.79 Å². The van der Waals surface area contributed by atoms with E-state index in [1.165, 1.54) is 0 Å². The average Bonchev–Trinajstić information content (AvgIpc) is 2.23. The highest BCUT2D eigenvalue weighted by molar-refractivity contribution is 5.78. The highest BCUT2D eigenvalue weighted by atomic mass is 16.2. The Hall–Kier alpha value is -0.610. The maximum Gasteiger partial charge on any atom is 0.234 e. The minimum absolute atomic E-state index is 0.143. The lowest BCUT2D eigenvalue weighted by Gasteiger charge is -2.31. The Kier molecular flexibility index (Phi) is 8.21. The molecule has 96 valence electrons. The first-order valence-corrected chi connectivity index (χ1v) is 6.28. The normalized spacial score (nSPS) is 17.9. The maximum atomic E-state index is 11.4. The third kappa shape index (κ3) is 6.80. The number of nitrogens with zero attached hydrogens (tertiary/aromatic N) is 2. The topological polar surface area (TPSA) is 35.6 Å². The van der Waals surface area contributed by atoms with Crippen LogP contribution in [0.4, 0.5) is 0 Å². The van der Waals surface area contributed by atoms with Crippen LogP contribution in [0.5, 0.6) is 0 Å². The molecule has 1 rings (SSSR count). The zero-order valence-corrected chi connectivity index (χ0v) is 11.4. The van der Waals surface area contributed by atoms with Crippen molar-refractivity contribution in [3.8, 4) is 0 Å². The monoisotopic (exact) mass is 229 g/mol. The highest BCUT2D eigenvalue weighted by Gasteiger charge is 2.16. The van der Waals surface area contributed by atoms with E-state index in [1.807, 2.05) is 27.7 Å². The van der Waals surface area contributed by atoms with Crippen LogP contribution in [0.15, 0.2) is 0 Å². The predicted octanol–water partition coefficient (Wildman–Crippen LogP) is 0.785. The van der Waals surface area contributed by atoms with Crippen molar-refractivity contribution in [1.29, 1.82) is 0 Å². The fraction of sp³-hybridized carbons (Fsp3) is 0.917. The standard InChI is InChI=1S/C10H21N3O.C2H6/c1-9(2)11-10(14)8-13-6-4-12(3)5-7-13;1-2/h9H,4-8H2,1-3H3,(H,11,14);1-2H3. The Morgan fingerprint density at radius 3 is 2.12 bits per heavy atom. The van der Waals surface area contributed by atoms with Crippen LogP contribution in [0.3, 0.4) is 0 Å². The average molecular weight is 229 g/mol. The number of hydrogen-bond acceptors (Lipinski definition) is 3. The molecular formula is C12H27N3O. The summed E-state index contributed by atoms with van der Waals surface area (Å²) >= 11 is 0. The molecule has 1 amide bonds. The van der Waals surface area contributed by atoms with E-state index < -0.39 is 0 Å². The Morgan fingerprint density at radius 2 is 1.69 bits per heavy atom. The first-order chi connectivity index (χ1) is 7.58. The summed E-state index contributed by atoms with van der Waals surface area (Å²) in [7, 11) is 2.12. The van der Waals surface area contributed by atoms with Gasteiger partial charge in [0.2, 0.25) is 5.91 Å². The smallest absolute Gasteiger partial charge is 0.234 e. The van der Waals surface area contributed by atoms with Gasteiger partial charge >= 0.3 is 0 Å². The molecule has 0 radical (unpaired) electrons. The number of carbonyl (C=O) groups excluding carboxylic acids is 1. The van der Waals surface area contributed by atoms with E-state index >= 15 is 0 Å². The number of likely N-dealkylation sites (N-methyl/N-ethyl adjacent to an activating group) is 1. The van der Waals surface area contributed by atoms with Gasteiger partial charge < -0.3 is 10.2 Å². The molecule has 0 atom stereocenters. The molecule has 0 aromatic rings. The molecule has 0 aromatic heterocycles. The third-order valence-electron chi connectivity index (χ3n) is 2.41. The van der Waals surface area contributed by atoms with Crippen LogP contribution in [0.2, 0.25) is 0 Å². The number of hydrogen-bond donors (Lipinski definition) is 1. The summed E-state index contributed by atoms with van der Waals surface area (Å²) in [5, 5.41) is 2.91. The number of rotatable bonds is 3. The van der Waals surface area contributed by atoms with Crippen LogP contribution in [-0.4, -0.2) is 61.5 Å². The van der Waals surface area contributed by atoms with E-state index in [1.54, 1.807) is 0 Å². The lowest BCUT2D eigenvalue weighted by atomic mass is 10.3. The van der Waals surface area contributed by atoms with Gasteiger partial charge in [0, 0.05) is 32.2 Å². The molecule has 1 aliphatic heterocycles. The van der Waals surface area contributed by atoms with Crippen LogP contribution in [0.1, 0.15) is 27.7 Å². The van der Waals surface area contributed by atoms with Crippen molar-refractivity contribution in [2.45, 2.75) is 33.7 Å². The number of nitrogens with one attached hydrogen (secondary N) is 1. The van der Waals surface area contributed by atoms with Gasteiger partial charge in [0.1, 0.15) is 0 Å². The van der Waals surface area contributed by atoms with E-state index in [0.717, 1.165) is 26.2 Å². The Bertz CT molecular complexity index is 187.